The lowest BCUT2D eigenvalue weighted by molar-refractivity contribution is -0.890. The summed E-state index contributed by atoms with van der Waals surface area (Å²) in [5.74, 6) is 0. The monoisotopic (exact) mass is 614 g/mol. The first kappa shape index (κ1) is 46.4. The molecule has 0 amide bonds. The molecule has 0 bridgehead atoms. The second-order valence-electron chi connectivity index (χ2n) is 14.0. The fourth-order valence-electron chi connectivity index (χ4n) is 6.29. The Morgan fingerprint density at radius 3 is 0.595 bits per heavy atom. The van der Waals surface area contributed by atoms with E-state index in [0.717, 1.165) is 0 Å². The van der Waals surface area contributed by atoms with Crippen molar-refractivity contribution in [2.24, 2.45) is 0 Å². The smallest absolute Gasteiger partial charge is 0.0782 e. The average Bonchev–Trinajstić information content (AvgIpc) is 2.97. The molecule has 0 spiro atoms. The molecule has 0 saturated carbocycles. The van der Waals surface area contributed by atoms with Crippen LogP contribution in [0.15, 0.2) is 13.2 Å². The normalized spacial score (nSPS) is 11.2. The van der Waals surface area contributed by atoms with Gasteiger partial charge in [0.05, 0.1) is 27.2 Å². The highest BCUT2D eigenvalue weighted by atomic mass is 35.5. The molecule has 256 valence electrons. The summed E-state index contributed by atoms with van der Waals surface area (Å²) < 4.78 is 1.25. The van der Waals surface area contributed by atoms with Crippen molar-refractivity contribution < 1.29 is 16.9 Å². The van der Waals surface area contributed by atoms with E-state index in [4.69, 9.17) is 0 Å². The molecule has 0 fully saturated rings. The minimum absolute atomic E-state index is 0. The van der Waals surface area contributed by atoms with Crippen LogP contribution in [0, 0.1) is 0 Å². The van der Waals surface area contributed by atoms with Crippen LogP contribution in [0.3, 0.4) is 0 Å². The molecule has 0 aromatic heterocycles. The van der Waals surface area contributed by atoms with Crippen LogP contribution in [-0.2, 0) is 0 Å². The quantitative estimate of drug-likeness (QED) is 0.0384. The number of nitrogens with zero attached hydrogens (tertiary/aromatic N) is 1. The lowest BCUT2D eigenvalue weighted by atomic mass is 10.0. The molecule has 0 radical (unpaired) electrons. The maximum absolute atomic E-state index is 3.00. The Labute approximate surface area is 275 Å². The van der Waals surface area contributed by atoms with Crippen LogP contribution in [0.25, 0.3) is 0 Å². The van der Waals surface area contributed by atoms with Crippen molar-refractivity contribution in [1.82, 2.24) is 0 Å². The zero-order valence-electron chi connectivity index (χ0n) is 30.3. The van der Waals surface area contributed by atoms with Gasteiger partial charge in [0.25, 0.3) is 0 Å². The van der Waals surface area contributed by atoms with Crippen molar-refractivity contribution in [3.8, 4) is 0 Å². The van der Waals surface area contributed by atoms with Gasteiger partial charge in [-0.25, -0.2) is 0 Å². The third kappa shape index (κ3) is 42.1. The van der Waals surface area contributed by atoms with Crippen molar-refractivity contribution in [3.05, 3.63) is 13.2 Å². The highest BCUT2D eigenvalue weighted by Gasteiger charge is 2.13. The summed E-state index contributed by atoms with van der Waals surface area (Å²) >= 11 is 0. The predicted octanol–water partition coefficient (Wildman–Crippen LogP) is 11.4. The number of hydrogen-bond donors (Lipinski definition) is 0. The predicted molar refractivity (Wildman–Crippen MR) is 192 cm³/mol. The molecule has 0 heterocycles. The van der Waals surface area contributed by atoms with Gasteiger partial charge in [-0.15, -0.1) is 13.2 Å². The summed E-state index contributed by atoms with van der Waals surface area (Å²) in [6.07, 6.45) is 46.9. The lowest BCUT2D eigenvalue weighted by Gasteiger charge is -2.30. The molecule has 0 atom stereocenters. The SMILES string of the molecule is C=C.CCCCCCCCCCCCCCCCCC[N+](C)(C)CCCCCCCCCCCCCCCCCC.[Cl-]. The van der Waals surface area contributed by atoms with Gasteiger partial charge in [0, 0.05) is 0 Å². The molecular formula is C40H84ClN. The summed E-state index contributed by atoms with van der Waals surface area (Å²) in [5.41, 5.74) is 0. The maximum atomic E-state index is 3.00. The van der Waals surface area contributed by atoms with Crippen LogP contribution in [0.4, 0.5) is 0 Å². The summed E-state index contributed by atoms with van der Waals surface area (Å²) in [4.78, 5) is 0. The molecule has 42 heavy (non-hydrogen) atoms. The van der Waals surface area contributed by atoms with Crippen LogP contribution in [0.1, 0.15) is 219 Å². The Kier molecular flexibility index (Phi) is 45.3. The number of halogens is 1. The highest BCUT2D eigenvalue weighted by Crippen LogP contribution is 2.16. The molecule has 0 aliphatic heterocycles. The van der Waals surface area contributed by atoms with E-state index in [-0.39, 0.29) is 12.4 Å². The summed E-state index contributed by atoms with van der Waals surface area (Å²) in [6, 6.07) is 0. The zero-order chi connectivity index (χ0) is 30.5. The Morgan fingerprint density at radius 2 is 0.429 bits per heavy atom. The van der Waals surface area contributed by atoms with E-state index in [0.29, 0.717) is 0 Å². The molecule has 0 aromatic carbocycles. The Bertz CT molecular complexity index is 411. The average molecular weight is 615 g/mol. The third-order valence-corrected chi connectivity index (χ3v) is 9.23. The zero-order valence-corrected chi connectivity index (χ0v) is 31.0. The highest BCUT2D eigenvalue weighted by molar-refractivity contribution is 4.52. The van der Waals surface area contributed by atoms with Gasteiger partial charge >= 0.3 is 0 Å². The van der Waals surface area contributed by atoms with Crippen LogP contribution >= 0.6 is 0 Å². The van der Waals surface area contributed by atoms with Crippen LogP contribution in [0.2, 0.25) is 0 Å². The van der Waals surface area contributed by atoms with Crippen LogP contribution in [-0.4, -0.2) is 31.7 Å². The first-order valence-electron chi connectivity index (χ1n) is 19.4. The van der Waals surface area contributed by atoms with Crippen molar-refractivity contribution in [3.63, 3.8) is 0 Å². The Morgan fingerprint density at radius 1 is 0.286 bits per heavy atom. The first-order valence-corrected chi connectivity index (χ1v) is 19.4. The number of unbranched alkanes of at least 4 members (excludes halogenated alkanes) is 30. The van der Waals surface area contributed by atoms with Gasteiger partial charge in [-0.05, 0) is 25.7 Å². The largest absolute Gasteiger partial charge is 1.00 e. The van der Waals surface area contributed by atoms with Gasteiger partial charge in [0.1, 0.15) is 0 Å². The minimum Gasteiger partial charge on any atom is -1.00 e. The van der Waals surface area contributed by atoms with Gasteiger partial charge in [-0.3, -0.25) is 0 Å². The minimum atomic E-state index is 0. The summed E-state index contributed by atoms with van der Waals surface area (Å²) in [6.45, 7) is 13.4. The van der Waals surface area contributed by atoms with Gasteiger partial charge < -0.3 is 16.9 Å². The van der Waals surface area contributed by atoms with E-state index >= 15 is 0 Å². The summed E-state index contributed by atoms with van der Waals surface area (Å²) in [7, 11) is 4.94. The maximum Gasteiger partial charge on any atom is 0.0782 e. The number of rotatable bonds is 34. The van der Waals surface area contributed by atoms with E-state index in [1.165, 1.54) is 223 Å². The fourth-order valence-corrected chi connectivity index (χ4v) is 6.29. The Balaban J connectivity index is -0.00000495. The number of quaternary nitrogens is 1. The second kappa shape index (κ2) is 41.0. The van der Waals surface area contributed by atoms with E-state index in [9.17, 15) is 0 Å². The molecule has 2 heteroatoms. The molecule has 0 saturated heterocycles. The molecular weight excluding hydrogens is 530 g/mol. The van der Waals surface area contributed by atoms with Crippen LogP contribution in [0.5, 0.6) is 0 Å². The van der Waals surface area contributed by atoms with Gasteiger partial charge in [-0.1, -0.05) is 194 Å². The van der Waals surface area contributed by atoms with Crippen molar-refractivity contribution in [2.75, 3.05) is 27.2 Å². The number of hydrogen-bond acceptors (Lipinski definition) is 0. The molecule has 0 unspecified atom stereocenters. The molecule has 0 aliphatic carbocycles. The van der Waals surface area contributed by atoms with Crippen LogP contribution < -0.4 is 12.4 Å². The van der Waals surface area contributed by atoms with E-state index in [1.807, 2.05) is 0 Å². The lowest BCUT2D eigenvalue weighted by Crippen LogP contribution is -3.00. The van der Waals surface area contributed by atoms with E-state index in [1.54, 1.807) is 0 Å². The van der Waals surface area contributed by atoms with E-state index in [2.05, 4.69) is 41.1 Å². The molecule has 1 nitrogen and oxygen atoms in total. The molecule has 0 aromatic rings. The third-order valence-electron chi connectivity index (χ3n) is 9.23. The van der Waals surface area contributed by atoms with Gasteiger partial charge in [-0.2, -0.15) is 0 Å². The Hall–Kier alpha value is -0.0100. The molecule has 0 rings (SSSR count). The summed E-state index contributed by atoms with van der Waals surface area (Å²) in [5, 5.41) is 0. The second-order valence-corrected chi connectivity index (χ2v) is 14.0. The topological polar surface area (TPSA) is 0 Å². The van der Waals surface area contributed by atoms with Gasteiger partial charge in [0.2, 0.25) is 0 Å². The van der Waals surface area contributed by atoms with Crippen molar-refractivity contribution in [2.45, 2.75) is 219 Å². The molecule has 0 aliphatic rings. The fraction of sp³-hybridized carbons (Fsp3) is 0.950. The van der Waals surface area contributed by atoms with Gasteiger partial charge in [0.15, 0.2) is 0 Å². The van der Waals surface area contributed by atoms with E-state index < -0.39 is 0 Å². The van der Waals surface area contributed by atoms with Crippen molar-refractivity contribution >= 4 is 0 Å². The first-order chi connectivity index (χ1) is 20.1. The standard InChI is InChI=1S/C38H80N.C2H4.ClH/c1-5-7-9-11-13-15-17-19-21-23-25-27-29-31-33-35-37-39(3,4)38-36-34-32-30-28-26-24-22-20-18-16-14-12-10-8-6-2;1-2;/h5-38H2,1-4H3;1-2H2;1H/q+1;;/p-1. The van der Waals surface area contributed by atoms with Crippen molar-refractivity contribution in [1.29, 1.82) is 0 Å². The molecule has 0 N–H and O–H groups in total.